The van der Waals surface area contributed by atoms with Crippen molar-refractivity contribution in [3.63, 3.8) is 0 Å². The molecule has 2 heterocycles. The van der Waals surface area contributed by atoms with Crippen molar-refractivity contribution in [1.29, 1.82) is 0 Å². The SMILES string of the molecule is CC(C)(Cc1[nH]c2ccc(OCc3ccc4ccccc4n3)cc2c1S(=O)(=O)N(Cc1ccc(Cl)cc1)C(C)(C)C)C(=O)O. The van der Waals surface area contributed by atoms with E-state index in [-0.39, 0.29) is 24.5 Å². The lowest BCUT2D eigenvalue weighted by atomic mass is 9.88. The molecule has 0 saturated heterocycles. The summed E-state index contributed by atoms with van der Waals surface area (Å²) in [6, 6.07) is 24.0. The number of nitrogens with zero attached hydrogens (tertiary/aromatic N) is 2. The Morgan fingerprint density at radius 1 is 0.977 bits per heavy atom. The highest BCUT2D eigenvalue weighted by Gasteiger charge is 2.39. The minimum atomic E-state index is -4.18. The van der Waals surface area contributed by atoms with E-state index in [2.05, 4.69) is 9.97 Å². The summed E-state index contributed by atoms with van der Waals surface area (Å²) in [7, 11) is -4.18. The fourth-order valence-corrected chi connectivity index (χ4v) is 7.39. The molecular weight excluding hydrogens is 598 g/mol. The molecule has 0 aliphatic carbocycles. The zero-order valence-electron chi connectivity index (χ0n) is 25.4. The summed E-state index contributed by atoms with van der Waals surface area (Å²) in [5.74, 6) is -0.563. The first kappa shape index (κ1) is 31.5. The van der Waals surface area contributed by atoms with E-state index in [1.807, 2.05) is 57.2 Å². The summed E-state index contributed by atoms with van der Waals surface area (Å²) in [4.78, 5) is 20.0. The van der Waals surface area contributed by atoms with Crippen LogP contribution in [-0.4, -0.2) is 39.3 Å². The number of nitrogens with one attached hydrogen (secondary N) is 1. The second-order valence-electron chi connectivity index (χ2n) is 12.6. The van der Waals surface area contributed by atoms with Gasteiger partial charge >= 0.3 is 5.97 Å². The van der Waals surface area contributed by atoms with Gasteiger partial charge in [0.25, 0.3) is 0 Å². The minimum Gasteiger partial charge on any atom is -0.487 e. The number of halogens is 1. The monoisotopic (exact) mass is 633 g/mol. The Kier molecular flexibility index (Phi) is 8.50. The van der Waals surface area contributed by atoms with Crippen molar-refractivity contribution < 1.29 is 23.1 Å². The van der Waals surface area contributed by atoms with E-state index in [0.717, 1.165) is 22.2 Å². The van der Waals surface area contributed by atoms with Crippen molar-refractivity contribution in [1.82, 2.24) is 14.3 Å². The molecule has 230 valence electrons. The van der Waals surface area contributed by atoms with E-state index in [4.69, 9.17) is 16.3 Å². The summed E-state index contributed by atoms with van der Waals surface area (Å²) in [5.41, 5.74) is 1.22. The van der Waals surface area contributed by atoms with Gasteiger partial charge in [-0.3, -0.25) is 4.79 Å². The standard InChI is InChI=1S/C34H36ClN3O5S/c1-33(2,3)38(20-22-10-13-24(35)14-11-22)44(41,42)31-27-18-26(16-17-29(27)37-30(31)19-34(4,5)32(39)40)43-21-25-15-12-23-8-6-7-9-28(23)36-25/h6-18,37H,19-21H2,1-5H3,(H,39,40). The van der Waals surface area contributed by atoms with Crippen LogP contribution in [0.15, 0.2) is 83.8 Å². The van der Waals surface area contributed by atoms with E-state index in [0.29, 0.717) is 27.4 Å². The Labute approximate surface area is 262 Å². The maximum absolute atomic E-state index is 14.7. The Morgan fingerprint density at radius 3 is 2.36 bits per heavy atom. The van der Waals surface area contributed by atoms with Gasteiger partial charge in [0.05, 0.1) is 16.6 Å². The van der Waals surface area contributed by atoms with Crippen LogP contribution in [-0.2, 0) is 34.4 Å². The van der Waals surface area contributed by atoms with Gasteiger partial charge < -0.3 is 14.8 Å². The first-order valence-corrected chi connectivity index (χ1v) is 16.1. The number of benzene rings is 3. The van der Waals surface area contributed by atoms with Crippen LogP contribution in [0.1, 0.15) is 51.6 Å². The number of aliphatic carboxylic acids is 1. The zero-order chi connectivity index (χ0) is 31.9. The third-order valence-corrected chi connectivity index (χ3v) is 10.1. The van der Waals surface area contributed by atoms with E-state index >= 15 is 0 Å². The molecule has 0 aliphatic heterocycles. The van der Waals surface area contributed by atoms with Crippen LogP contribution in [0.25, 0.3) is 21.8 Å². The summed E-state index contributed by atoms with van der Waals surface area (Å²) in [5, 5.41) is 11.9. The highest BCUT2D eigenvalue weighted by Crippen LogP contribution is 2.38. The predicted octanol–water partition coefficient (Wildman–Crippen LogP) is 7.59. The molecule has 2 aromatic heterocycles. The van der Waals surface area contributed by atoms with E-state index in [1.165, 1.54) is 4.31 Å². The molecule has 0 radical (unpaired) electrons. The number of para-hydroxylation sites is 1. The second kappa shape index (κ2) is 11.9. The second-order valence-corrected chi connectivity index (χ2v) is 14.8. The molecule has 0 saturated carbocycles. The van der Waals surface area contributed by atoms with Crippen molar-refractivity contribution in [2.45, 2.75) is 64.6 Å². The van der Waals surface area contributed by atoms with Gasteiger partial charge in [-0.15, -0.1) is 0 Å². The molecule has 8 nitrogen and oxygen atoms in total. The van der Waals surface area contributed by atoms with E-state index in [9.17, 15) is 18.3 Å². The molecule has 0 aliphatic rings. The van der Waals surface area contributed by atoms with Crippen LogP contribution < -0.4 is 4.74 Å². The van der Waals surface area contributed by atoms with Crippen LogP contribution in [0.3, 0.4) is 0 Å². The van der Waals surface area contributed by atoms with Crippen LogP contribution in [0.4, 0.5) is 0 Å². The lowest BCUT2D eigenvalue weighted by molar-refractivity contribution is -0.146. The van der Waals surface area contributed by atoms with Crippen LogP contribution in [0, 0.1) is 5.41 Å². The maximum atomic E-state index is 14.7. The quantitative estimate of drug-likeness (QED) is 0.164. The molecule has 0 atom stereocenters. The van der Waals surface area contributed by atoms with Crippen molar-refractivity contribution in [3.05, 3.63) is 101 Å². The maximum Gasteiger partial charge on any atom is 0.309 e. The number of aromatic nitrogens is 2. The zero-order valence-corrected chi connectivity index (χ0v) is 27.0. The van der Waals surface area contributed by atoms with E-state index in [1.54, 1.807) is 56.3 Å². The third-order valence-electron chi connectivity index (χ3n) is 7.57. The number of carboxylic acids is 1. The third kappa shape index (κ3) is 6.60. The number of hydrogen-bond donors (Lipinski definition) is 2. The van der Waals surface area contributed by atoms with Crippen LogP contribution in [0.2, 0.25) is 5.02 Å². The van der Waals surface area contributed by atoms with Gasteiger partial charge in [-0.05, 0) is 82.6 Å². The number of pyridine rings is 1. The number of H-pyrrole nitrogens is 1. The molecule has 3 aromatic carbocycles. The highest BCUT2D eigenvalue weighted by molar-refractivity contribution is 7.89. The summed E-state index contributed by atoms with van der Waals surface area (Å²) < 4.78 is 36.9. The van der Waals surface area contributed by atoms with Gasteiger partial charge in [-0.1, -0.05) is 48.0 Å². The molecule has 44 heavy (non-hydrogen) atoms. The molecule has 0 fully saturated rings. The van der Waals surface area contributed by atoms with Gasteiger partial charge in [0.15, 0.2) is 0 Å². The number of carbonyl (C=O) groups is 1. The van der Waals surface area contributed by atoms with Gasteiger partial charge in [0.2, 0.25) is 10.0 Å². The summed E-state index contributed by atoms with van der Waals surface area (Å²) in [6.07, 6.45) is -0.0261. The molecule has 5 aromatic rings. The van der Waals surface area contributed by atoms with Gasteiger partial charge in [-0.25, -0.2) is 13.4 Å². The average Bonchev–Trinajstić information content (AvgIpc) is 3.32. The lowest BCUT2D eigenvalue weighted by Crippen LogP contribution is -2.45. The number of aromatic amines is 1. The van der Waals surface area contributed by atoms with Crippen molar-refractivity contribution >= 4 is 49.4 Å². The van der Waals surface area contributed by atoms with Crippen molar-refractivity contribution in [2.75, 3.05) is 0 Å². The summed E-state index contributed by atoms with van der Waals surface area (Å²) in [6.45, 7) is 8.95. The predicted molar refractivity (Wildman–Crippen MR) is 173 cm³/mol. The molecule has 10 heteroatoms. The molecule has 0 amide bonds. The Morgan fingerprint density at radius 2 is 1.68 bits per heavy atom. The molecule has 0 bridgehead atoms. The number of carboxylic acid groups (broad SMARTS) is 1. The Bertz CT molecular complexity index is 1940. The largest absolute Gasteiger partial charge is 0.487 e. The molecular formula is C34H36ClN3O5S. The highest BCUT2D eigenvalue weighted by atomic mass is 35.5. The molecule has 0 unspecified atom stereocenters. The van der Waals surface area contributed by atoms with E-state index < -0.39 is 26.9 Å². The molecule has 0 spiro atoms. The molecule has 5 rings (SSSR count). The lowest BCUT2D eigenvalue weighted by Gasteiger charge is -2.35. The fourth-order valence-electron chi connectivity index (χ4n) is 5.12. The first-order valence-electron chi connectivity index (χ1n) is 14.3. The number of rotatable bonds is 10. The average molecular weight is 634 g/mol. The topological polar surface area (TPSA) is 113 Å². The van der Waals surface area contributed by atoms with Gasteiger partial charge in [0, 0.05) is 45.5 Å². The number of sulfonamides is 1. The molecule has 2 N–H and O–H groups in total. The van der Waals surface area contributed by atoms with Crippen LogP contribution in [0.5, 0.6) is 5.75 Å². The Balaban J connectivity index is 1.58. The van der Waals surface area contributed by atoms with Crippen LogP contribution >= 0.6 is 11.6 Å². The first-order chi connectivity index (χ1) is 20.6. The smallest absolute Gasteiger partial charge is 0.309 e. The van der Waals surface area contributed by atoms with Gasteiger partial charge in [0.1, 0.15) is 17.3 Å². The van der Waals surface area contributed by atoms with Gasteiger partial charge in [-0.2, -0.15) is 4.31 Å². The number of hydrogen-bond acceptors (Lipinski definition) is 5. The summed E-state index contributed by atoms with van der Waals surface area (Å²) >= 11 is 6.09. The minimum absolute atomic E-state index is 0.0261. The Hall–Kier alpha value is -3.92. The number of fused-ring (bicyclic) bond motifs is 2. The normalized spacial score (nSPS) is 12.7. The fraction of sp³-hybridized carbons (Fsp3) is 0.294. The van der Waals surface area contributed by atoms with Crippen molar-refractivity contribution in [3.8, 4) is 5.75 Å². The van der Waals surface area contributed by atoms with Crippen molar-refractivity contribution in [2.24, 2.45) is 5.41 Å². The number of ether oxygens (including phenoxy) is 1.